The van der Waals surface area contributed by atoms with Gasteiger partial charge in [0, 0.05) is 11.8 Å². The summed E-state index contributed by atoms with van der Waals surface area (Å²) in [6.45, 7) is 16.9. The number of hydrogen-bond acceptors (Lipinski definition) is 2. The molecule has 0 saturated heterocycles. The van der Waals surface area contributed by atoms with Gasteiger partial charge in [-0.2, -0.15) is 0 Å². The number of carbonyl (C=O) groups excluding carboxylic acids is 1. The molecule has 174 valence electrons. The average molecular weight is 427 g/mol. The van der Waals surface area contributed by atoms with E-state index in [2.05, 4.69) is 54.5 Å². The molecule has 0 amide bonds. The highest BCUT2D eigenvalue weighted by Crippen LogP contribution is 2.70. The molecule has 4 saturated carbocycles. The van der Waals surface area contributed by atoms with E-state index in [-0.39, 0.29) is 10.8 Å². The zero-order chi connectivity index (χ0) is 22.6. The normalized spacial score (nSPS) is 52.8. The standard InChI is InChI=1S/C29H46O2/c1-25(2)14-15-27(5)12-10-19-18-8-9-21-26(3,4)23(30)16-24(31)29(21,7)20(18)11-13-28(19,6)22(27)17-25/h10,18,20-23,30H,8-9,11-17H2,1-7H3/t18-,20-,21-,22+,23-,27-,28+,29+/m0/s1. The Hall–Kier alpha value is -0.630. The molecule has 0 aromatic carbocycles. The van der Waals surface area contributed by atoms with E-state index in [0.29, 0.717) is 46.2 Å². The van der Waals surface area contributed by atoms with Crippen LogP contribution in [0.1, 0.15) is 106 Å². The molecule has 0 heterocycles. The van der Waals surface area contributed by atoms with E-state index in [1.807, 2.05) is 0 Å². The quantitative estimate of drug-likeness (QED) is 0.425. The van der Waals surface area contributed by atoms with Gasteiger partial charge in [0.1, 0.15) is 5.78 Å². The smallest absolute Gasteiger partial charge is 0.141 e. The predicted molar refractivity (Wildman–Crippen MR) is 126 cm³/mol. The minimum Gasteiger partial charge on any atom is -0.392 e. The van der Waals surface area contributed by atoms with E-state index in [0.717, 1.165) is 12.3 Å². The molecule has 8 atom stereocenters. The molecule has 2 heteroatoms. The Labute approximate surface area is 190 Å². The van der Waals surface area contributed by atoms with E-state index < -0.39 is 6.10 Å². The summed E-state index contributed by atoms with van der Waals surface area (Å²) >= 11 is 0. The number of carbonyl (C=O) groups is 1. The summed E-state index contributed by atoms with van der Waals surface area (Å²) in [5.74, 6) is 2.47. The van der Waals surface area contributed by atoms with Crippen molar-refractivity contribution < 1.29 is 9.90 Å². The van der Waals surface area contributed by atoms with Crippen LogP contribution in [0.25, 0.3) is 0 Å². The monoisotopic (exact) mass is 426 g/mol. The third-order valence-electron chi connectivity index (χ3n) is 12.0. The van der Waals surface area contributed by atoms with E-state index in [1.54, 1.807) is 5.57 Å². The lowest BCUT2D eigenvalue weighted by molar-refractivity contribution is -0.178. The van der Waals surface area contributed by atoms with Gasteiger partial charge in [0.25, 0.3) is 0 Å². The maximum Gasteiger partial charge on any atom is 0.141 e. The molecule has 1 N–H and O–H groups in total. The van der Waals surface area contributed by atoms with Gasteiger partial charge in [0.2, 0.25) is 0 Å². The molecule has 5 aliphatic rings. The molecule has 0 aromatic rings. The topological polar surface area (TPSA) is 37.3 Å². The van der Waals surface area contributed by atoms with Gasteiger partial charge in [-0.1, -0.05) is 60.1 Å². The second kappa shape index (κ2) is 6.49. The first-order chi connectivity index (χ1) is 14.3. The average Bonchev–Trinajstić information content (AvgIpc) is 2.67. The SMILES string of the molecule is CC1(C)CC[C@]2(C)CC=C3[C@@H]4CC[C@H]5C(C)(C)[C@@H](O)CC(=O)[C@]5(C)[C@H]4CC[C@@]3(C)[C@@H]2C1. The first kappa shape index (κ1) is 22.2. The van der Waals surface area contributed by atoms with E-state index >= 15 is 0 Å². The first-order valence-electron chi connectivity index (χ1n) is 13.2. The Kier molecular flexibility index (Phi) is 4.64. The zero-order valence-corrected chi connectivity index (χ0v) is 21.2. The fraction of sp³-hybridized carbons (Fsp3) is 0.897. The molecule has 2 nitrogen and oxygen atoms in total. The van der Waals surface area contributed by atoms with Gasteiger partial charge in [-0.25, -0.2) is 0 Å². The predicted octanol–water partition coefficient (Wildman–Crippen LogP) is 6.96. The molecule has 0 spiro atoms. The number of fused-ring (bicyclic) bond motifs is 7. The van der Waals surface area contributed by atoms with Crippen LogP contribution in [0.2, 0.25) is 0 Å². The molecular weight excluding hydrogens is 380 g/mol. The summed E-state index contributed by atoms with van der Waals surface area (Å²) in [5.41, 5.74) is 2.52. The van der Waals surface area contributed by atoms with E-state index in [4.69, 9.17) is 0 Å². The van der Waals surface area contributed by atoms with Crippen LogP contribution in [0.3, 0.4) is 0 Å². The highest BCUT2D eigenvalue weighted by Gasteiger charge is 2.65. The molecule has 0 aromatic heterocycles. The Bertz CT molecular complexity index is 821. The van der Waals surface area contributed by atoms with Crippen LogP contribution in [0.4, 0.5) is 0 Å². The second-order valence-corrected chi connectivity index (χ2v) is 14.5. The molecule has 0 bridgehead atoms. The Morgan fingerprint density at radius 1 is 0.903 bits per heavy atom. The lowest BCUT2D eigenvalue weighted by Gasteiger charge is -2.66. The first-order valence-corrected chi connectivity index (χ1v) is 13.2. The molecule has 0 unspecified atom stereocenters. The van der Waals surface area contributed by atoms with Gasteiger partial charge in [0.05, 0.1) is 6.10 Å². The van der Waals surface area contributed by atoms with Crippen molar-refractivity contribution in [2.45, 2.75) is 112 Å². The number of ketones is 1. The summed E-state index contributed by atoms with van der Waals surface area (Å²) in [6, 6.07) is 0. The molecule has 0 aliphatic heterocycles. The summed E-state index contributed by atoms with van der Waals surface area (Å²) < 4.78 is 0. The lowest BCUT2D eigenvalue weighted by atomic mass is 9.38. The van der Waals surface area contributed by atoms with Crippen molar-refractivity contribution in [3.05, 3.63) is 11.6 Å². The van der Waals surface area contributed by atoms with Crippen molar-refractivity contribution in [3.8, 4) is 0 Å². The molecule has 4 fully saturated rings. The van der Waals surface area contributed by atoms with Crippen LogP contribution in [0.15, 0.2) is 11.6 Å². The fourth-order valence-electron chi connectivity index (χ4n) is 9.90. The number of aliphatic hydroxyl groups is 1. The van der Waals surface area contributed by atoms with Crippen LogP contribution in [-0.4, -0.2) is 17.0 Å². The highest BCUT2D eigenvalue weighted by atomic mass is 16.3. The lowest BCUT2D eigenvalue weighted by Crippen LogP contribution is -2.63. The van der Waals surface area contributed by atoms with Gasteiger partial charge < -0.3 is 5.11 Å². The van der Waals surface area contributed by atoms with Crippen LogP contribution in [-0.2, 0) is 4.79 Å². The Morgan fingerprint density at radius 2 is 1.61 bits per heavy atom. The summed E-state index contributed by atoms with van der Waals surface area (Å²) in [7, 11) is 0. The number of rotatable bonds is 0. The van der Waals surface area contributed by atoms with Crippen LogP contribution in [0, 0.1) is 50.7 Å². The third-order valence-corrected chi connectivity index (χ3v) is 12.0. The number of aliphatic hydroxyl groups excluding tert-OH is 1. The van der Waals surface area contributed by atoms with Crippen molar-refractivity contribution in [2.75, 3.05) is 0 Å². The molecule has 5 aliphatic carbocycles. The summed E-state index contributed by atoms with van der Waals surface area (Å²) in [5, 5.41) is 10.8. The van der Waals surface area contributed by atoms with E-state index in [9.17, 15) is 9.90 Å². The minimum absolute atomic E-state index is 0.165. The van der Waals surface area contributed by atoms with Crippen molar-refractivity contribution >= 4 is 5.78 Å². The van der Waals surface area contributed by atoms with Crippen LogP contribution < -0.4 is 0 Å². The van der Waals surface area contributed by atoms with Gasteiger partial charge in [0.15, 0.2) is 0 Å². The van der Waals surface area contributed by atoms with Gasteiger partial charge in [-0.05, 0) is 96.7 Å². The minimum atomic E-state index is -0.484. The number of Topliss-reactive ketones (excluding diaryl/α,β-unsaturated/α-hetero) is 1. The van der Waals surface area contributed by atoms with Gasteiger partial charge >= 0.3 is 0 Å². The van der Waals surface area contributed by atoms with Crippen molar-refractivity contribution in [1.29, 1.82) is 0 Å². The zero-order valence-electron chi connectivity index (χ0n) is 21.2. The molecule has 5 rings (SSSR count). The van der Waals surface area contributed by atoms with Crippen molar-refractivity contribution in [3.63, 3.8) is 0 Å². The maximum atomic E-state index is 13.5. The highest BCUT2D eigenvalue weighted by molar-refractivity contribution is 5.87. The maximum absolute atomic E-state index is 13.5. The summed E-state index contributed by atoms with van der Waals surface area (Å²) in [6.07, 6.45) is 12.6. The number of allylic oxidation sites excluding steroid dienone is 2. The fourth-order valence-corrected chi connectivity index (χ4v) is 9.90. The van der Waals surface area contributed by atoms with Crippen molar-refractivity contribution in [1.82, 2.24) is 0 Å². The third kappa shape index (κ3) is 2.82. The number of hydrogen-bond donors (Lipinski definition) is 1. The summed E-state index contributed by atoms with van der Waals surface area (Å²) in [4.78, 5) is 13.5. The Morgan fingerprint density at radius 3 is 2.32 bits per heavy atom. The van der Waals surface area contributed by atoms with Gasteiger partial charge in [-0.15, -0.1) is 0 Å². The Balaban J connectivity index is 1.54. The second-order valence-electron chi connectivity index (χ2n) is 14.5. The molecule has 0 radical (unpaired) electrons. The molecular formula is C29H46O2. The van der Waals surface area contributed by atoms with Crippen LogP contribution >= 0.6 is 0 Å². The van der Waals surface area contributed by atoms with Gasteiger partial charge in [-0.3, -0.25) is 4.79 Å². The van der Waals surface area contributed by atoms with Crippen LogP contribution in [0.5, 0.6) is 0 Å². The van der Waals surface area contributed by atoms with Crippen molar-refractivity contribution in [2.24, 2.45) is 50.7 Å². The largest absolute Gasteiger partial charge is 0.392 e. The van der Waals surface area contributed by atoms with E-state index in [1.165, 1.54) is 44.9 Å². The molecule has 31 heavy (non-hydrogen) atoms.